The van der Waals surface area contributed by atoms with Crippen LogP contribution in [0.15, 0.2) is 23.6 Å². The van der Waals surface area contributed by atoms with Gasteiger partial charge >= 0.3 is 0 Å². The fraction of sp³-hybridized carbons (Fsp3) is 0.368. The zero-order chi connectivity index (χ0) is 20.4. The van der Waals surface area contributed by atoms with Crippen LogP contribution in [0, 0.1) is 23.6 Å². The average molecular weight is 402 g/mol. The van der Waals surface area contributed by atoms with Gasteiger partial charge < -0.3 is 14.7 Å². The first-order valence-electron chi connectivity index (χ1n) is 8.84. The lowest BCUT2D eigenvalue weighted by Crippen LogP contribution is -2.54. The summed E-state index contributed by atoms with van der Waals surface area (Å²) in [6.07, 6.45) is 0. The summed E-state index contributed by atoms with van der Waals surface area (Å²) < 4.78 is 13.8. The Morgan fingerprint density at radius 3 is 2.75 bits per heavy atom. The molecule has 1 saturated heterocycles. The van der Waals surface area contributed by atoms with Gasteiger partial charge in [-0.25, -0.2) is 9.37 Å². The zero-order valence-corrected chi connectivity index (χ0v) is 16.9. The van der Waals surface area contributed by atoms with Gasteiger partial charge in [0.1, 0.15) is 22.4 Å². The number of thiazole rings is 1. The number of amides is 1. The number of piperazine rings is 1. The second-order valence-electron chi connectivity index (χ2n) is 7.00. The van der Waals surface area contributed by atoms with Crippen molar-refractivity contribution in [2.45, 2.75) is 13.5 Å². The van der Waals surface area contributed by atoms with Gasteiger partial charge in [0.15, 0.2) is 5.84 Å². The number of rotatable bonds is 4. The fourth-order valence-corrected chi connectivity index (χ4v) is 3.83. The van der Waals surface area contributed by atoms with Crippen molar-refractivity contribution in [1.29, 1.82) is 10.8 Å². The zero-order valence-electron chi connectivity index (χ0n) is 16.1. The van der Waals surface area contributed by atoms with Crippen LogP contribution in [0.2, 0.25) is 0 Å². The van der Waals surface area contributed by atoms with E-state index in [0.717, 1.165) is 5.01 Å². The molecule has 0 aliphatic carbocycles. The number of amidine groups is 2. The standard InChI is InChI=1S/C19H23FN6OS/c1-12-4-5-13(8-14(12)20)19(27)25-6-7-26(16(21)9-25)18(22)15-11-28-17(23-15)10-24(2)3/h4-5,8,11,21-22H,6-7,9-10H2,1-3H3. The third-order valence-corrected chi connectivity index (χ3v) is 5.32. The van der Waals surface area contributed by atoms with Crippen molar-refractivity contribution < 1.29 is 9.18 Å². The van der Waals surface area contributed by atoms with Crippen LogP contribution in [0.4, 0.5) is 4.39 Å². The third-order valence-electron chi connectivity index (χ3n) is 4.48. The Kier molecular flexibility index (Phi) is 5.85. The highest BCUT2D eigenvalue weighted by Gasteiger charge is 2.29. The van der Waals surface area contributed by atoms with Gasteiger partial charge in [0.2, 0.25) is 0 Å². The minimum atomic E-state index is -0.418. The van der Waals surface area contributed by atoms with Crippen molar-refractivity contribution in [2.75, 3.05) is 33.7 Å². The van der Waals surface area contributed by atoms with E-state index >= 15 is 0 Å². The Bertz CT molecular complexity index is 925. The highest BCUT2D eigenvalue weighted by atomic mass is 32.1. The fourth-order valence-electron chi connectivity index (χ4n) is 2.93. The summed E-state index contributed by atoms with van der Waals surface area (Å²) in [7, 11) is 3.91. The first-order chi connectivity index (χ1) is 13.3. The van der Waals surface area contributed by atoms with E-state index in [0.29, 0.717) is 30.9 Å². The monoisotopic (exact) mass is 402 g/mol. The second-order valence-corrected chi connectivity index (χ2v) is 7.94. The maximum Gasteiger partial charge on any atom is 0.254 e. The Morgan fingerprint density at radius 1 is 1.36 bits per heavy atom. The Balaban J connectivity index is 1.66. The number of halogens is 1. The molecule has 0 radical (unpaired) electrons. The van der Waals surface area contributed by atoms with Gasteiger partial charge in [-0.1, -0.05) is 6.07 Å². The van der Waals surface area contributed by atoms with Crippen molar-refractivity contribution in [2.24, 2.45) is 0 Å². The predicted octanol–water partition coefficient (Wildman–Crippen LogP) is 2.41. The topological polar surface area (TPSA) is 87.4 Å². The van der Waals surface area contributed by atoms with Crippen LogP contribution in [-0.4, -0.2) is 71.0 Å². The molecule has 0 unspecified atom stereocenters. The van der Waals surface area contributed by atoms with E-state index < -0.39 is 5.82 Å². The van der Waals surface area contributed by atoms with Gasteiger partial charge in [0.05, 0.1) is 6.54 Å². The van der Waals surface area contributed by atoms with Gasteiger partial charge in [0, 0.05) is 30.6 Å². The van der Waals surface area contributed by atoms with Gasteiger partial charge in [0.25, 0.3) is 5.91 Å². The maximum atomic E-state index is 13.8. The number of carbonyl (C=O) groups excluding carboxylic acids is 1. The van der Waals surface area contributed by atoms with Crippen LogP contribution >= 0.6 is 11.3 Å². The number of carbonyl (C=O) groups is 1. The van der Waals surface area contributed by atoms with Gasteiger partial charge in [-0.3, -0.25) is 15.6 Å². The van der Waals surface area contributed by atoms with E-state index in [-0.39, 0.29) is 29.7 Å². The molecule has 1 aliphatic rings. The van der Waals surface area contributed by atoms with E-state index in [2.05, 4.69) is 4.98 Å². The van der Waals surface area contributed by atoms with Crippen molar-refractivity contribution >= 4 is 28.9 Å². The molecule has 0 bridgehead atoms. The molecule has 2 heterocycles. The van der Waals surface area contributed by atoms with Crippen LogP contribution in [0.5, 0.6) is 0 Å². The van der Waals surface area contributed by atoms with E-state index in [1.165, 1.54) is 22.3 Å². The number of aromatic nitrogens is 1. The minimum absolute atomic E-state index is 0.0748. The number of hydrogen-bond donors (Lipinski definition) is 2. The Labute approximate surface area is 167 Å². The molecule has 7 nitrogen and oxygen atoms in total. The summed E-state index contributed by atoms with van der Waals surface area (Å²) in [5, 5.41) is 19.4. The van der Waals surface area contributed by atoms with Gasteiger partial charge in [-0.15, -0.1) is 11.3 Å². The molecule has 3 rings (SSSR count). The van der Waals surface area contributed by atoms with Gasteiger partial charge in [-0.2, -0.15) is 0 Å². The average Bonchev–Trinajstić information content (AvgIpc) is 3.10. The lowest BCUT2D eigenvalue weighted by Gasteiger charge is -2.36. The van der Waals surface area contributed by atoms with Crippen LogP contribution in [0.1, 0.15) is 26.6 Å². The Morgan fingerprint density at radius 2 is 2.11 bits per heavy atom. The lowest BCUT2D eigenvalue weighted by molar-refractivity contribution is 0.0756. The van der Waals surface area contributed by atoms with Crippen molar-refractivity contribution in [3.8, 4) is 0 Å². The molecule has 1 aliphatic heterocycles. The second kappa shape index (κ2) is 8.15. The molecule has 0 atom stereocenters. The summed E-state index contributed by atoms with van der Waals surface area (Å²) in [5.74, 6) is -0.408. The molecule has 1 aromatic heterocycles. The highest BCUT2D eigenvalue weighted by molar-refractivity contribution is 7.09. The van der Waals surface area contributed by atoms with Crippen LogP contribution in [-0.2, 0) is 6.54 Å². The Hall–Kier alpha value is -2.65. The number of benzene rings is 1. The summed E-state index contributed by atoms with van der Waals surface area (Å²) in [6.45, 7) is 3.11. The molecule has 1 amide bonds. The molecule has 0 saturated carbocycles. The summed E-state index contributed by atoms with van der Waals surface area (Å²) in [5.41, 5.74) is 1.29. The van der Waals surface area contributed by atoms with E-state index in [1.807, 2.05) is 24.4 Å². The first kappa shape index (κ1) is 20.1. The van der Waals surface area contributed by atoms with E-state index in [1.54, 1.807) is 24.0 Å². The SMILES string of the molecule is Cc1ccc(C(=O)N2CCN(C(=N)c3csc(CN(C)C)n3)C(=N)C2)cc1F. The number of aryl methyl sites for hydroxylation is 1. The summed E-state index contributed by atoms with van der Waals surface area (Å²) in [6, 6.07) is 4.41. The molecule has 2 aromatic rings. The molecule has 0 spiro atoms. The molecule has 1 fully saturated rings. The highest BCUT2D eigenvalue weighted by Crippen LogP contribution is 2.17. The van der Waals surface area contributed by atoms with Crippen molar-refractivity contribution in [1.82, 2.24) is 19.7 Å². The minimum Gasteiger partial charge on any atom is -0.329 e. The summed E-state index contributed by atoms with van der Waals surface area (Å²) in [4.78, 5) is 22.2. The quantitative estimate of drug-likeness (QED) is 0.607. The lowest BCUT2D eigenvalue weighted by atomic mass is 10.1. The molecule has 28 heavy (non-hydrogen) atoms. The molecule has 9 heteroatoms. The molecular weight excluding hydrogens is 379 g/mol. The van der Waals surface area contributed by atoms with Crippen LogP contribution in [0.25, 0.3) is 0 Å². The van der Waals surface area contributed by atoms with Crippen LogP contribution < -0.4 is 0 Å². The first-order valence-corrected chi connectivity index (χ1v) is 9.72. The van der Waals surface area contributed by atoms with Crippen molar-refractivity contribution in [3.63, 3.8) is 0 Å². The number of hydrogen-bond acceptors (Lipinski definition) is 6. The summed E-state index contributed by atoms with van der Waals surface area (Å²) >= 11 is 1.49. The smallest absolute Gasteiger partial charge is 0.254 e. The van der Waals surface area contributed by atoms with Crippen molar-refractivity contribution in [3.05, 3.63) is 51.2 Å². The predicted molar refractivity (Wildman–Crippen MR) is 108 cm³/mol. The molecule has 1 aromatic carbocycles. The van der Waals surface area contributed by atoms with Crippen LogP contribution in [0.3, 0.4) is 0 Å². The number of nitrogens with one attached hydrogen (secondary N) is 2. The normalized spacial score (nSPS) is 14.7. The number of nitrogens with zero attached hydrogens (tertiary/aromatic N) is 4. The van der Waals surface area contributed by atoms with E-state index in [9.17, 15) is 9.18 Å². The molecular formula is C19H23FN6OS. The largest absolute Gasteiger partial charge is 0.329 e. The van der Waals surface area contributed by atoms with E-state index in [4.69, 9.17) is 10.8 Å². The molecule has 148 valence electrons. The maximum absolute atomic E-state index is 13.8. The van der Waals surface area contributed by atoms with Gasteiger partial charge in [-0.05, 0) is 38.7 Å². The molecule has 2 N–H and O–H groups in total. The third kappa shape index (κ3) is 4.26.